The van der Waals surface area contributed by atoms with Gasteiger partial charge in [0.05, 0.1) is 0 Å². The summed E-state index contributed by atoms with van der Waals surface area (Å²) in [7, 11) is 4.29. The highest BCUT2D eigenvalue weighted by atomic mass is 16.1. The molecule has 0 saturated carbocycles. The van der Waals surface area contributed by atoms with Crippen molar-refractivity contribution in [1.82, 2.24) is 15.1 Å². The molecule has 1 amide bonds. The molecule has 5 nitrogen and oxygen atoms in total. The van der Waals surface area contributed by atoms with Crippen molar-refractivity contribution in [3.8, 4) is 0 Å². The van der Waals surface area contributed by atoms with Crippen molar-refractivity contribution in [3.05, 3.63) is 29.8 Å². The van der Waals surface area contributed by atoms with Crippen LogP contribution in [0.5, 0.6) is 0 Å². The van der Waals surface area contributed by atoms with E-state index in [-0.39, 0.29) is 5.91 Å². The number of carbonyl (C=O) groups excluding carboxylic acids is 1. The second kappa shape index (κ2) is 7.43. The molecule has 5 heteroatoms. The van der Waals surface area contributed by atoms with E-state index in [1.807, 2.05) is 0 Å². The predicted molar refractivity (Wildman–Crippen MR) is 86.3 cm³/mol. The lowest BCUT2D eigenvalue weighted by atomic mass is 10.0. The van der Waals surface area contributed by atoms with Crippen LogP contribution in [0.15, 0.2) is 24.3 Å². The first kappa shape index (κ1) is 15.8. The predicted octanol–water partition coefficient (Wildman–Crippen LogP) is 1.02. The number of benzene rings is 1. The number of hydrogen-bond donors (Lipinski definition) is 2. The number of nitrogens with zero attached hydrogens (tertiary/aromatic N) is 2. The minimum absolute atomic E-state index is 0.0295. The van der Waals surface area contributed by atoms with Gasteiger partial charge in [0.2, 0.25) is 0 Å². The zero-order chi connectivity index (χ0) is 15.2. The molecule has 3 N–H and O–H groups in total. The first-order valence-electron chi connectivity index (χ1n) is 7.59. The standard InChI is InChI=1S/C16H26N4O/c1-19(2)15-7-10-20(11-8-15)12-9-18-16(21)13-3-5-14(17)6-4-13/h3-6,15H,7-12,17H2,1-2H3,(H,18,21). The van der Waals surface area contributed by atoms with Gasteiger partial charge in [-0.2, -0.15) is 0 Å². The zero-order valence-corrected chi connectivity index (χ0v) is 13.0. The van der Waals surface area contributed by atoms with Crippen LogP contribution in [-0.4, -0.2) is 62.0 Å². The Morgan fingerprint density at radius 2 is 1.90 bits per heavy atom. The molecule has 116 valence electrons. The van der Waals surface area contributed by atoms with E-state index < -0.39 is 0 Å². The van der Waals surface area contributed by atoms with Gasteiger partial charge in [-0.3, -0.25) is 4.79 Å². The summed E-state index contributed by atoms with van der Waals surface area (Å²) in [6, 6.07) is 7.72. The molecule has 0 atom stereocenters. The van der Waals surface area contributed by atoms with Gasteiger partial charge < -0.3 is 20.9 Å². The third kappa shape index (κ3) is 4.72. The Hall–Kier alpha value is -1.59. The highest BCUT2D eigenvalue weighted by molar-refractivity contribution is 5.94. The lowest BCUT2D eigenvalue weighted by Crippen LogP contribution is -2.44. The summed E-state index contributed by atoms with van der Waals surface area (Å²) in [5.74, 6) is -0.0295. The molecule has 0 radical (unpaired) electrons. The van der Waals surface area contributed by atoms with Gasteiger partial charge in [0.25, 0.3) is 5.91 Å². The molecule has 1 aliphatic heterocycles. The Kier molecular flexibility index (Phi) is 5.59. The van der Waals surface area contributed by atoms with Gasteiger partial charge >= 0.3 is 0 Å². The molecule has 0 spiro atoms. The molecule has 1 heterocycles. The highest BCUT2D eigenvalue weighted by Gasteiger charge is 2.20. The molecule has 0 unspecified atom stereocenters. The van der Waals surface area contributed by atoms with E-state index in [2.05, 4.69) is 29.2 Å². The largest absolute Gasteiger partial charge is 0.399 e. The van der Waals surface area contributed by atoms with E-state index >= 15 is 0 Å². The van der Waals surface area contributed by atoms with Gasteiger partial charge in [0.15, 0.2) is 0 Å². The van der Waals surface area contributed by atoms with Crippen molar-refractivity contribution >= 4 is 11.6 Å². The summed E-state index contributed by atoms with van der Waals surface area (Å²) in [5.41, 5.74) is 6.95. The van der Waals surface area contributed by atoms with Gasteiger partial charge in [-0.1, -0.05) is 0 Å². The number of nitrogen functional groups attached to an aromatic ring is 1. The fraction of sp³-hybridized carbons (Fsp3) is 0.562. The van der Waals surface area contributed by atoms with Crippen molar-refractivity contribution < 1.29 is 4.79 Å². The molecule has 2 rings (SSSR count). The van der Waals surface area contributed by atoms with Crippen molar-refractivity contribution in [2.45, 2.75) is 18.9 Å². The first-order valence-corrected chi connectivity index (χ1v) is 7.59. The number of anilines is 1. The molecule has 0 bridgehead atoms. The molecule has 1 aliphatic rings. The average Bonchev–Trinajstić information content (AvgIpc) is 2.48. The van der Waals surface area contributed by atoms with Crippen molar-refractivity contribution in [1.29, 1.82) is 0 Å². The van der Waals surface area contributed by atoms with Gasteiger partial charge in [0, 0.05) is 30.4 Å². The summed E-state index contributed by atoms with van der Waals surface area (Å²) >= 11 is 0. The number of carbonyl (C=O) groups is 1. The van der Waals surface area contributed by atoms with E-state index in [1.54, 1.807) is 24.3 Å². The van der Waals surface area contributed by atoms with Crippen LogP contribution in [0.2, 0.25) is 0 Å². The van der Waals surface area contributed by atoms with Gasteiger partial charge in [0.1, 0.15) is 0 Å². The Morgan fingerprint density at radius 1 is 1.29 bits per heavy atom. The third-order valence-electron chi connectivity index (χ3n) is 4.17. The van der Waals surface area contributed by atoms with Crippen LogP contribution >= 0.6 is 0 Å². The number of nitrogens with one attached hydrogen (secondary N) is 1. The highest BCUT2D eigenvalue weighted by Crippen LogP contribution is 2.13. The summed E-state index contributed by atoms with van der Waals surface area (Å²) in [4.78, 5) is 16.7. The Morgan fingerprint density at radius 3 is 2.48 bits per heavy atom. The van der Waals surface area contributed by atoms with Crippen LogP contribution < -0.4 is 11.1 Å². The van der Waals surface area contributed by atoms with E-state index in [9.17, 15) is 4.79 Å². The van der Waals surface area contributed by atoms with E-state index in [4.69, 9.17) is 5.73 Å². The van der Waals surface area contributed by atoms with Crippen LogP contribution in [0.3, 0.4) is 0 Å². The summed E-state index contributed by atoms with van der Waals surface area (Å²) in [6.07, 6.45) is 2.41. The monoisotopic (exact) mass is 290 g/mol. The Labute approximate surface area is 127 Å². The number of piperidine rings is 1. The minimum Gasteiger partial charge on any atom is -0.399 e. The molecule has 1 aromatic rings. The second-order valence-electron chi connectivity index (χ2n) is 5.91. The molecule has 1 saturated heterocycles. The van der Waals surface area contributed by atoms with Crippen LogP contribution in [0, 0.1) is 0 Å². The Balaban J connectivity index is 1.68. The zero-order valence-electron chi connectivity index (χ0n) is 13.0. The first-order chi connectivity index (χ1) is 10.1. The number of likely N-dealkylation sites (tertiary alicyclic amines) is 1. The van der Waals surface area contributed by atoms with Gasteiger partial charge in [-0.15, -0.1) is 0 Å². The van der Waals surface area contributed by atoms with E-state index in [0.29, 0.717) is 23.8 Å². The number of rotatable bonds is 5. The maximum absolute atomic E-state index is 12.0. The number of amides is 1. The second-order valence-corrected chi connectivity index (χ2v) is 5.91. The van der Waals surface area contributed by atoms with E-state index in [0.717, 1.165) is 19.6 Å². The fourth-order valence-corrected chi connectivity index (χ4v) is 2.72. The SMILES string of the molecule is CN(C)C1CCN(CCNC(=O)c2ccc(N)cc2)CC1. The summed E-state index contributed by atoms with van der Waals surface area (Å²) in [5, 5.41) is 2.97. The molecule has 1 fully saturated rings. The molecule has 0 aromatic heterocycles. The molecular formula is C16H26N4O. The number of hydrogen-bond acceptors (Lipinski definition) is 4. The van der Waals surface area contributed by atoms with Crippen LogP contribution in [0.25, 0.3) is 0 Å². The lowest BCUT2D eigenvalue weighted by molar-refractivity contribution is 0.0940. The summed E-state index contributed by atoms with van der Waals surface area (Å²) < 4.78 is 0. The van der Waals surface area contributed by atoms with Crippen LogP contribution in [0.4, 0.5) is 5.69 Å². The topological polar surface area (TPSA) is 61.6 Å². The third-order valence-corrected chi connectivity index (χ3v) is 4.17. The smallest absolute Gasteiger partial charge is 0.251 e. The minimum atomic E-state index is -0.0295. The van der Waals surface area contributed by atoms with Crippen LogP contribution in [-0.2, 0) is 0 Å². The normalized spacial score (nSPS) is 17.1. The number of nitrogens with two attached hydrogens (primary N) is 1. The molecule has 1 aromatic carbocycles. The van der Waals surface area contributed by atoms with Gasteiger partial charge in [-0.05, 0) is 64.3 Å². The van der Waals surface area contributed by atoms with Gasteiger partial charge in [-0.25, -0.2) is 0 Å². The Bertz CT molecular complexity index is 450. The molecular weight excluding hydrogens is 264 g/mol. The molecule has 21 heavy (non-hydrogen) atoms. The quantitative estimate of drug-likeness (QED) is 0.795. The lowest BCUT2D eigenvalue weighted by Gasteiger charge is -2.35. The van der Waals surface area contributed by atoms with Crippen molar-refractivity contribution in [2.75, 3.05) is 46.0 Å². The van der Waals surface area contributed by atoms with Crippen molar-refractivity contribution in [3.63, 3.8) is 0 Å². The summed E-state index contributed by atoms with van der Waals surface area (Å²) in [6.45, 7) is 3.83. The fourth-order valence-electron chi connectivity index (χ4n) is 2.72. The van der Waals surface area contributed by atoms with Crippen LogP contribution in [0.1, 0.15) is 23.2 Å². The average molecular weight is 290 g/mol. The van der Waals surface area contributed by atoms with E-state index in [1.165, 1.54) is 12.8 Å². The maximum atomic E-state index is 12.0. The van der Waals surface area contributed by atoms with Crippen molar-refractivity contribution in [2.24, 2.45) is 0 Å². The maximum Gasteiger partial charge on any atom is 0.251 e. The molecule has 0 aliphatic carbocycles.